The van der Waals surface area contributed by atoms with Crippen molar-refractivity contribution < 1.29 is 0 Å². The van der Waals surface area contributed by atoms with Crippen molar-refractivity contribution in [3.63, 3.8) is 0 Å². The average molecular weight is 279 g/mol. The van der Waals surface area contributed by atoms with Crippen LogP contribution in [0.25, 0.3) is 0 Å². The summed E-state index contributed by atoms with van der Waals surface area (Å²) in [7, 11) is 0. The molecule has 1 fully saturated rings. The minimum atomic E-state index is 0.205. The van der Waals surface area contributed by atoms with Crippen molar-refractivity contribution in [2.24, 2.45) is 11.3 Å². The minimum Gasteiger partial charge on any atom is -0.311 e. The van der Waals surface area contributed by atoms with E-state index in [9.17, 15) is 0 Å². The molecule has 1 nitrogen and oxygen atoms in total. The number of nitrogens with one attached hydrogen (secondary N) is 1. The van der Waals surface area contributed by atoms with Gasteiger partial charge in [0.1, 0.15) is 0 Å². The largest absolute Gasteiger partial charge is 0.311 e. The zero-order chi connectivity index (χ0) is 14.3. The summed E-state index contributed by atoms with van der Waals surface area (Å²) in [6.07, 6.45) is 2.67. The first-order valence-corrected chi connectivity index (χ1v) is 8.29. The molecule has 0 atom stereocenters. The van der Waals surface area contributed by atoms with E-state index in [1.807, 2.05) is 11.3 Å². The van der Waals surface area contributed by atoms with E-state index >= 15 is 0 Å². The van der Waals surface area contributed by atoms with E-state index in [-0.39, 0.29) is 5.54 Å². The van der Waals surface area contributed by atoms with E-state index in [2.05, 4.69) is 64.4 Å². The second-order valence-corrected chi connectivity index (χ2v) is 9.28. The second-order valence-electron chi connectivity index (χ2n) is 8.33. The van der Waals surface area contributed by atoms with Gasteiger partial charge >= 0.3 is 0 Å². The minimum absolute atomic E-state index is 0.205. The van der Waals surface area contributed by atoms with Gasteiger partial charge in [-0.05, 0) is 56.4 Å². The predicted octanol–water partition coefficient (Wildman–Crippen LogP) is 4.83. The SMILES string of the molecule is CC(C)(C)NCC1(c2cccs2)CC(C(C)(C)C)C1. The van der Waals surface area contributed by atoms with Crippen molar-refractivity contribution in [2.45, 2.75) is 65.3 Å². The van der Waals surface area contributed by atoms with Gasteiger partial charge in [0.15, 0.2) is 0 Å². The molecule has 19 heavy (non-hydrogen) atoms. The predicted molar refractivity (Wildman–Crippen MR) is 85.9 cm³/mol. The van der Waals surface area contributed by atoms with Crippen molar-refractivity contribution in [1.29, 1.82) is 0 Å². The summed E-state index contributed by atoms with van der Waals surface area (Å²) in [6, 6.07) is 4.52. The van der Waals surface area contributed by atoms with E-state index in [1.54, 1.807) is 4.88 Å². The Labute approximate surface area is 122 Å². The molecule has 1 aromatic rings. The van der Waals surface area contributed by atoms with Gasteiger partial charge in [0, 0.05) is 22.4 Å². The molecule has 0 aromatic carbocycles. The quantitative estimate of drug-likeness (QED) is 0.835. The fourth-order valence-electron chi connectivity index (χ4n) is 2.94. The van der Waals surface area contributed by atoms with Gasteiger partial charge in [-0.1, -0.05) is 26.8 Å². The normalized spacial score (nSPS) is 28.2. The van der Waals surface area contributed by atoms with Gasteiger partial charge in [-0.15, -0.1) is 11.3 Å². The van der Waals surface area contributed by atoms with Gasteiger partial charge in [-0.25, -0.2) is 0 Å². The Hall–Kier alpha value is -0.340. The van der Waals surface area contributed by atoms with Crippen LogP contribution in [0.5, 0.6) is 0 Å². The smallest absolute Gasteiger partial charge is 0.0177 e. The Morgan fingerprint density at radius 1 is 1.21 bits per heavy atom. The second kappa shape index (κ2) is 4.89. The van der Waals surface area contributed by atoms with Crippen LogP contribution in [0.2, 0.25) is 0 Å². The van der Waals surface area contributed by atoms with Gasteiger partial charge in [-0.2, -0.15) is 0 Å². The molecule has 1 heterocycles. The first kappa shape index (κ1) is 15.1. The maximum atomic E-state index is 3.73. The summed E-state index contributed by atoms with van der Waals surface area (Å²) < 4.78 is 0. The molecule has 0 spiro atoms. The molecule has 2 heteroatoms. The van der Waals surface area contributed by atoms with Crippen LogP contribution >= 0.6 is 11.3 Å². The molecule has 0 aliphatic heterocycles. The van der Waals surface area contributed by atoms with Crippen molar-refractivity contribution in [3.05, 3.63) is 22.4 Å². The Bertz CT molecular complexity index is 394. The summed E-state index contributed by atoms with van der Waals surface area (Å²) in [5.41, 5.74) is 1.04. The summed E-state index contributed by atoms with van der Waals surface area (Å²) in [4.78, 5) is 1.57. The molecular weight excluding hydrogens is 250 g/mol. The molecule has 0 unspecified atom stereocenters. The van der Waals surface area contributed by atoms with Crippen LogP contribution < -0.4 is 5.32 Å². The maximum absolute atomic E-state index is 3.73. The fraction of sp³-hybridized carbons (Fsp3) is 0.765. The van der Waals surface area contributed by atoms with Gasteiger partial charge in [0.2, 0.25) is 0 Å². The van der Waals surface area contributed by atoms with E-state index in [0.29, 0.717) is 10.8 Å². The van der Waals surface area contributed by atoms with Crippen LogP contribution in [-0.4, -0.2) is 12.1 Å². The lowest BCUT2D eigenvalue weighted by Gasteiger charge is -2.53. The summed E-state index contributed by atoms with van der Waals surface area (Å²) >= 11 is 1.93. The summed E-state index contributed by atoms with van der Waals surface area (Å²) in [5.74, 6) is 0.858. The van der Waals surface area contributed by atoms with E-state index in [4.69, 9.17) is 0 Å². The molecule has 0 bridgehead atoms. The highest BCUT2D eigenvalue weighted by Crippen LogP contribution is 2.55. The molecule has 2 rings (SSSR count). The van der Waals surface area contributed by atoms with E-state index in [0.717, 1.165) is 12.5 Å². The molecular formula is C17H29NS. The number of hydrogen-bond acceptors (Lipinski definition) is 2. The molecule has 1 saturated carbocycles. The summed E-state index contributed by atoms with van der Waals surface area (Å²) in [6.45, 7) is 15.0. The fourth-order valence-corrected chi connectivity index (χ4v) is 3.89. The van der Waals surface area contributed by atoms with Crippen LogP contribution in [0.1, 0.15) is 59.3 Å². The number of hydrogen-bond donors (Lipinski definition) is 1. The van der Waals surface area contributed by atoms with Gasteiger partial charge in [0.05, 0.1) is 0 Å². The van der Waals surface area contributed by atoms with Crippen LogP contribution in [-0.2, 0) is 5.41 Å². The molecule has 1 N–H and O–H groups in total. The molecule has 108 valence electrons. The van der Waals surface area contributed by atoms with Crippen molar-refractivity contribution in [2.75, 3.05) is 6.54 Å². The zero-order valence-corrected chi connectivity index (χ0v) is 14.2. The first-order valence-electron chi connectivity index (χ1n) is 7.41. The van der Waals surface area contributed by atoms with E-state index in [1.165, 1.54) is 12.8 Å². The standard InChI is InChI=1S/C17H29NS/c1-15(2,3)13-10-17(11-13,12-18-16(4,5)6)14-8-7-9-19-14/h7-9,13,18H,10-12H2,1-6H3. The van der Waals surface area contributed by atoms with Crippen LogP contribution in [0, 0.1) is 11.3 Å². The van der Waals surface area contributed by atoms with Crippen molar-refractivity contribution in [1.82, 2.24) is 5.32 Å². The molecule has 0 radical (unpaired) electrons. The lowest BCUT2D eigenvalue weighted by Crippen LogP contribution is -2.54. The average Bonchev–Trinajstić information content (AvgIpc) is 2.65. The highest BCUT2D eigenvalue weighted by molar-refractivity contribution is 7.10. The Morgan fingerprint density at radius 2 is 1.84 bits per heavy atom. The number of thiophene rings is 1. The topological polar surface area (TPSA) is 12.0 Å². The van der Waals surface area contributed by atoms with Crippen molar-refractivity contribution in [3.8, 4) is 0 Å². The highest BCUT2D eigenvalue weighted by atomic mass is 32.1. The van der Waals surface area contributed by atoms with Crippen LogP contribution in [0.4, 0.5) is 0 Å². The molecule has 1 aliphatic carbocycles. The molecule has 0 amide bonds. The Morgan fingerprint density at radius 3 is 2.26 bits per heavy atom. The van der Waals surface area contributed by atoms with Gasteiger partial charge < -0.3 is 5.32 Å². The molecule has 0 saturated heterocycles. The third-order valence-corrected chi connectivity index (χ3v) is 5.62. The highest BCUT2D eigenvalue weighted by Gasteiger charge is 2.49. The van der Waals surface area contributed by atoms with Gasteiger partial charge in [-0.3, -0.25) is 0 Å². The third-order valence-electron chi connectivity index (χ3n) is 4.50. The third kappa shape index (κ3) is 3.41. The van der Waals surface area contributed by atoms with E-state index < -0.39 is 0 Å². The lowest BCUT2D eigenvalue weighted by molar-refractivity contribution is 0.0432. The van der Waals surface area contributed by atoms with Gasteiger partial charge in [0.25, 0.3) is 0 Å². The summed E-state index contributed by atoms with van der Waals surface area (Å²) in [5, 5.41) is 5.95. The first-order chi connectivity index (χ1) is 8.62. The Kier molecular flexibility index (Phi) is 3.88. The monoisotopic (exact) mass is 279 g/mol. The molecule has 1 aliphatic rings. The molecule has 1 aromatic heterocycles. The number of rotatable bonds is 3. The van der Waals surface area contributed by atoms with Crippen LogP contribution in [0.3, 0.4) is 0 Å². The van der Waals surface area contributed by atoms with Crippen LogP contribution in [0.15, 0.2) is 17.5 Å². The maximum Gasteiger partial charge on any atom is 0.0177 e. The Balaban J connectivity index is 2.10. The lowest BCUT2D eigenvalue weighted by atomic mass is 9.54. The van der Waals surface area contributed by atoms with Crippen molar-refractivity contribution >= 4 is 11.3 Å². The zero-order valence-electron chi connectivity index (χ0n) is 13.3.